The highest BCUT2D eigenvalue weighted by Crippen LogP contribution is 2.14. The Balaban J connectivity index is 2.20. The average Bonchev–Trinajstić information content (AvgIpc) is 2.49. The van der Waals surface area contributed by atoms with E-state index in [0.717, 1.165) is 5.56 Å². The number of aliphatic carboxylic acids is 1. The number of hydrogen-bond donors (Lipinski definition) is 2. The summed E-state index contributed by atoms with van der Waals surface area (Å²) in [5.41, 5.74) is 1.59. The van der Waals surface area contributed by atoms with Crippen molar-refractivity contribution in [1.29, 1.82) is 0 Å². The van der Waals surface area contributed by atoms with Crippen LogP contribution in [0.3, 0.4) is 0 Å². The van der Waals surface area contributed by atoms with Gasteiger partial charge in [0.25, 0.3) is 0 Å². The average molecular weight is 354 g/mol. The van der Waals surface area contributed by atoms with E-state index in [4.69, 9.17) is 11.6 Å². The summed E-state index contributed by atoms with van der Waals surface area (Å²) >= 11 is 5.78. The molecule has 0 aromatic heterocycles. The minimum atomic E-state index is -3.91. The van der Waals surface area contributed by atoms with Crippen LogP contribution in [0.1, 0.15) is 11.1 Å². The second-order valence-corrected chi connectivity index (χ2v) is 7.31. The molecule has 2 N–H and O–H groups in total. The van der Waals surface area contributed by atoms with Gasteiger partial charge in [-0.25, -0.2) is 8.42 Å². The summed E-state index contributed by atoms with van der Waals surface area (Å²) < 4.78 is 26.8. The number of carboxylic acids is 1. The molecule has 0 unspecified atom stereocenters. The third-order valence-corrected chi connectivity index (χ3v) is 5.02. The summed E-state index contributed by atoms with van der Waals surface area (Å²) in [5.74, 6) is -1.24. The standard InChI is InChI=1S/C16H16ClNO4S/c1-11-2-8-14(9-3-11)23(21,22)18-15(16(19)20)10-12-4-6-13(17)7-5-12/h2-9,15,18H,10H2,1H3,(H,19,20)/t15-/m0/s1. The van der Waals surface area contributed by atoms with Gasteiger partial charge in [0.15, 0.2) is 0 Å². The van der Waals surface area contributed by atoms with Crippen molar-refractivity contribution in [2.24, 2.45) is 0 Å². The molecule has 122 valence electrons. The van der Waals surface area contributed by atoms with Gasteiger partial charge in [0.1, 0.15) is 6.04 Å². The summed E-state index contributed by atoms with van der Waals surface area (Å²) in [4.78, 5) is 11.4. The lowest BCUT2D eigenvalue weighted by atomic mass is 10.1. The van der Waals surface area contributed by atoms with E-state index in [1.54, 1.807) is 36.4 Å². The van der Waals surface area contributed by atoms with E-state index in [2.05, 4.69) is 4.72 Å². The number of benzene rings is 2. The Morgan fingerprint density at radius 2 is 1.70 bits per heavy atom. The molecule has 5 nitrogen and oxygen atoms in total. The van der Waals surface area contributed by atoms with Crippen molar-refractivity contribution in [3.05, 3.63) is 64.7 Å². The van der Waals surface area contributed by atoms with Crippen LogP contribution in [0.15, 0.2) is 53.4 Å². The van der Waals surface area contributed by atoms with Crippen molar-refractivity contribution in [3.8, 4) is 0 Å². The maximum Gasteiger partial charge on any atom is 0.322 e. The summed E-state index contributed by atoms with van der Waals surface area (Å²) in [6, 6.07) is 11.5. The molecule has 0 bridgehead atoms. The molecule has 0 radical (unpaired) electrons. The lowest BCUT2D eigenvalue weighted by Crippen LogP contribution is -2.42. The van der Waals surface area contributed by atoms with Gasteiger partial charge in [-0.15, -0.1) is 0 Å². The number of halogens is 1. The van der Waals surface area contributed by atoms with Crippen LogP contribution in [0.4, 0.5) is 0 Å². The molecule has 23 heavy (non-hydrogen) atoms. The van der Waals surface area contributed by atoms with Crippen molar-refractivity contribution in [2.45, 2.75) is 24.3 Å². The smallest absolute Gasteiger partial charge is 0.322 e. The number of rotatable bonds is 6. The van der Waals surface area contributed by atoms with Crippen LogP contribution < -0.4 is 4.72 Å². The lowest BCUT2D eigenvalue weighted by molar-refractivity contribution is -0.138. The first-order chi connectivity index (χ1) is 10.8. The maximum atomic E-state index is 12.3. The zero-order valence-electron chi connectivity index (χ0n) is 12.4. The van der Waals surface area contributed by atoms with E-state index in [9.17, 15) is 18.3 Å². The number of nitrogens with one attached hydrogen (secondary N) is 1. The van der Waals surface area contributed by atoms with E-state index >= 15 is 0 Å². The topological polar surface area (TPSA) is 83.5 Å². The number of carbonyl (C=O) groups is 1. The molecule has 0 spiro atoms. The van der Waals surface area contributed by atoms with Crippen LogP contribution in [-0.4, -0.2) is 25.5 Å². The van der Waals surface area contributed by atoms with E-state index in [-0.39, 0.29) is 11.3 Å². The van der Waals surface area contributed by atoms with Crippen molar-refractivity contribution >= 4 is 27.6 Å². The molecule has 0 saturated carbocycles. The normalized spacial score (nSPS) is 12.8. The molecule has 0 aliphatic heterocycles. The predicted octanol–water partition coefficient (Wildman–Crippen LogP) is 2.62. The Labute approximate surface area is 140 Å². The van der Waals surface area contributed by atoms with Gasteiger partial charge in [-0.2, -0.15) is 4.72 Å². The van der Waals surface area contributed by atoms with Crippen LogP contribution >= 0.6 is 11.6 Å². The third-order valence-electron chi connectivity index (χ3n) is 3.28. The molecule has 0 saturated heterocycles. The molecule has 2 rings (SSSR count). The first kappa shape index (κ1) is 17.5. The van der Waals surface area contributed by atoms with E-state index < -0.39 is 22.0 Å². The fourth-order valence-electron chi connectivity index (χ4n) is 2.01. The molecule has 0 aliphatic carbocycles. The highest BCUT2D eigenvalue weighted by atomic mass is 35.5. The number of carboxylic acid groups (broad SMARTS) is 1. The largest absolute Gasteiger partial charge is 0.480 e. The first-order valence-electron chi connectivity index (χ1n) is 6.84. The molecule has 1 atom stereocenters. The molecular formula is C16H16ClNO4S. The van der Waals surface area contributed by atoms with Crippen LogP contribution in [0.2, 0.25) is 5.02 Å². The highest BCUT2D eigenvalue weighted by Gasteiger charge is 2.25. The second-order valence-electron chi connectivity index (χ2n) is 5.16. The first-order valence-corrected chi connectivity index (χ1v) is 8.70. The zero-order valence-corrected chi connectivity index (χ0v) is 13.9. The molecular weight excluding hydrogens is 338 g/mol. The Bertz CT molecular complexity index is 786. The number of aryl methyl sites for hydroxylation is 1. The molecule has 0 aliphatic rings. The van der Waals surface area contributed by atoms with Gasteiger partial charge < -0.3 is 5.11 Å². The van der Waals surface area contributed by atoms with Crippen molar-refractivity contribution in [3.63, 3.8) is 0 Å². The van der Waals surface area contributed by atoms with Crippen LogP contribution in [0.5, 0.6) is 0 Å². The minimum Gasteiger partial charge on any atom is -0.480 e. The number of sulfonamides is 1. The monoisotopic (exact) mass is 353 g/mol. The van der Waals surface area contributed by atoms with Gasteiger partial charge in [0.2, 0.25) is 10.0 Å². The lowest BCUT2D eigenvalue weighted by Gasteiger charge is -2.15. The Hall–Kier alpha value is -1.89. The predicted molar refractivity (Wildman–Crippen MR) is 88.1 cm³/mol. The molecule has 0 amide bonds. The van der Waals surface area contributed by atoms with E-state index in [0.29, 0.717) is 10.6 Å². The maximum absolute atomic E-state index is 12.3. The SMILES string of the molecule is Cc1ccc(S(=O)(=O)N[C@@H](Cc2ccc(Cl)cc2)C(=O)O)cc1. The Kier molecular flexibility index (Phi) is 5.41. The summed E-state index contributed by atoms with van der Waals surface area (Å²) in [7, 11) is -3.91. The minimum absolute atomic E-state index is 0.0254. The van der Waals surface area contributed by atoms with Gasteiger partial charge in [-0.3, -0.25) is 4.79 Å². The third kappa shape index (κ3) is 4.79. The fraction of sp³-hybridized carbons (Fsp3) is 0.188. The molecule has 0 fully saturated rings. The number of hydrogen-bond acceptors (Lipinski definition) is 3. The van der Waals surface area contributed by atoms with Gasteiger partial charge >= 0.3 is 5.97 Å². The zero-order chi connectivity index (χ0) is 17.0. The van der Waals surface area contributed by atoms with Crippen LogP contribution in [-0.2, 0) is 21.2 Å². The van der Waals surface area contributed by atoms with Crippen molar-refractivity contribution < 1.29 is 18.3 Å². The second kappa shape index (κ2) is 7.12. The molecule has 2 aromatic rings. The van der Waals surface area contributed by atoms with Crippen molar-refractivity contribution in [2.75, 3.05) is 0 Å². The Morgan fingerprint density at radius 1 is 1.13 bits per heavy atom. The Morgan fingerprint density at radius 3 is 2.22 bits per heavy atom. The van der Waals surface area contributed by atoms with Crippen LogP contribution in [0, 0.1) is 6.92 Å². The summed E-state index contributed by atoms with van der Waals surface area (Å²) in [6.45, 7) is 1.84. The van der Waals surface area contributed by atoms with Gasteiger partial charge in [-0.1, -0.05) is 41.4 Å². The van der Waals surface area contributed by atoms with Crippen LogP contribution in [0.25, 0.3) is 0 Å². The van der Waals surface area contributed by atoms with E-state index in [1.165, 1.54) is 12.1 Å². The summed E-state index contributed by atoms with van der Waals surface area (Å²) in [5, 5.41) is 9.82. The van der Waals surface area contributed by atoms with Gasteiger partial charge in [-0.05, 0) is 43.2 Å². The van der Waals surface area contributed by atoms with Crippen molar-refractivity contribution in [1.82, 2.24) is 4.72 Å². The highest BCUT2D eigenvalue weighted by molar-refractivity contribution is 7.89. The molecule has 7 heteroatoms. The molecule has 0 heterocycles. The molecule has 2 aromatic carbocycles. The van der Waals surface area contributed by atoms with E-state index in [1.807, 2.05) is 6.92 Å². The van der Waals surface area contributed by atoms with Gasteiger partial charge in [0, 0.05) is 5.02 Å². The quantitative estimate of drug-likeness (QED) is 0.836. The fourth-order valence-corrected chi connectivity index (χ4v) is 3.32. The van der Waals surface area contributed by atoms with Gasteiger partial charge in [0.05, 0.1) is 4.90 Å². The summed E-state index contributed by atoms with van der Waals surface area (Å²) in [6.07, 6.45) is 0.0254.